The summed E-state index contributed by atoms with van der Waals surface area (Å²) in [6.45, 7) is 4.77. The normalized spacial score (nSPS) is 10.1. The van der Waals surface area contributed by atoms with Crippen molar-refractivity contribution in [3.8, 4) is 0 Å². The molecule has 1 aromatic rings. The Bertz CT molecular complexity index is 160. The van der Waals surface area contributed by atoms with Crippen molar-refractivity contribution in [2.75, 3.05) is 13.2 Å². The van der Waals surface area contributed by atoms with Gasteiger partial charge in [-0.25, -0.2) is 4.98 Å². The Hall–Kier alpha value is -0.830. The number of nitrogens with one attached hydrogen (secondary N) is 1. The summed E-state index contributed by atoms with van der Waals surface area (Å²) < 4.78 is 5.04. The molecular formula is C7H11N2O. The Kier molecular flexibility index (Phi) is 2.96. The molecule has 0 spiro atoms. The molecule has 0 aliphatic heterocycles. The monoisotopic (exact) mass is 139 g/mol. The van der Waals surface area contributed by atoms with Crippen LogP contribution in [-0.2, 0) is 11.2 Å². The van der Waals surface area contributed by atoms with Gasteiger partial charge in [-0.05, 0) is 6.92 Å². The lowest BCUT2D eigenvalue weighted by Crippen LogP contribution is -1.99. The van der Waals surface area contributed by atoms with E-state index in [9.17, 15) is 0 Å². The summed E-state index contributed by atoms with van der Waals surface area (Å²) in [4.78, 5) is 7.02. The number of hydrogen-bond donors (Lipinski definition) is 1. The van der Waals surface area contributed by atoms with Gasteiger partial charge in [0.05, 0.1) is 6.61 Å². The standard InChI is InChI=1S/C7H11N2O/c1-2-10-6-3-7-8-4-5-9-7/h4-5H,1-3,6H2,(H,8,9). The molecule has 0 saturated carbocycles. The molecule has 1 radical (unpaired) electrons. The van der Waals surface area contributed by atoms with Gasteiger partial charge in [-0.3, -0.25) is 0 Å². The molecule has 0 unspecified atom stereocenters. The lowest BCUT2D eigenvalue weighted by atomic mass is 10.4. The summed E-state index contributed by atoms with van der Waals surface area (Å²) in [5.41, 5.74) is 0. The predicted molar refractivity (Wildman–Crippen MR) is 38.5 cm³/mol. The van der Waals surface area contributed by atoms with Crippen molar-refractivity contribution in [2.24, 2.45) is 0 Å². The maximum Gasteiger partial charge on any atom is 0.108 e. The number of aromatic amines is 1. The average molecular weight is 139 g/mol. The molecule has 3 nitrogen and oxygen atoms in total. The van der Waals surface area contributed by atoms with E-state index >= 15 is 0 Å². The highest BCUT2D eigenvalue weighted by Gasteiger charge is 1.91. The van der Waals surface area contributed by atoms with E-state index in [1.165, 1.54) is 0 Å². The van der Waals surface area contributed by atoms with Crippen LogP contribution < -0.4 is 0 Å². The van der Waals surface area contributed by atoms with Gasteiger partial charge < -0.3 is 9.72 Å². The second-order valence-corrected chi connectivity index (χ2v) is 1.90. The topological polar surface area (TPSA) is 37.9 Å². The minimum atomic E-state index is 0.528. The van der Waals surface area contributed by atoms with Crippen molar-refractivity contribution in [1.82, 2.24) is 9.97 Å². The molecule has 10 heavy (non-hydrogen) atoms. The second-order valence-electron chi connectivity index (χ2n) is 1.90. The number of hydrogen-bond acceptors (Lipinski definition) is 2. The predicted octanol–water partition coefficient (Wildman–Crippen LogP) is 0.803. The highest BCUT2D eigenvalue weighted by atomic mass is 16.5. The first-order valence-corrected chi connectivity index (χ1v) is 3.28. The van der Waals surface area contributed by atoms with E-state index < -0.39 is 0 Å². The van der Waals surface area contributed by atoms with E-state index in [0.717, 1.165) is 12.2 Å². The van der Waals surface area contributed by atoms with Gasteiger partial charge in [0.2, 0.25) is 0 Å². The Morgan fingerprint density at radius 2 is 2.60 bits per heavy atom. The fourth-order valence-electron chi connectivity index (χ4n) is 0.706. The Balaban J connectivity index is 2.15. The van der Waals surface area contributed by atoms with Gasteiger partial charge in [0, 0.05) is 25.4 Å². The Morgan fingerprint density at radius 3 is 3.20 bits per heavy atom. The van der Waals surface area contributed by atoms with Crippen LogP contribution >= 0.6 is 0 Å². The van der Waals surface area contributed by atoms with Gasteiger partial charge >= 0.3 is 0 Å². The van der Waals surface area contributed by atoms with E-state index in [-0.39, 0.29) is 0 Å². The van der Waals surface area contributed by atoms with Crippen molar-refractivity contribution in [1.29, 1.82) is 0 Å². The third-order valence-corrected chi connectivity index (χ3v) is 1.18. The van der Waals surface area contributed by atoms with Crippen molar-refractivity contribution in [3.05, 3.63) is 25.1 Å². The molecule has 55 valence electrons. The number of aromatic nitrogens is 2. The molecule has 0 aromatic carbocycles. The summed E-state index contributed by atoms with van der Waals surface area (Å²) in [6, 6.07) is 0. The fraction of sp³-hybridized carbons (Fsp3) is 0.429. The smallest absolute Gasteiger partial charge is 0.108 e. The lowest BCUT2D eigenvalue weighted by molar-refractivity contribution is 0.163. The minimum Gasteiger partial charge on any atom is -0.381 e. The van der Waals surface area contributed by atoms with Crippen LogP contribution in [0, 0.1) is 6.92 Å². The largest absolute Gasteiger partial charge is 0.381 e. The maximum atomic E-state index is 5.04. The quantitative estimate of drug-likeness (QED) is 0.626. The molecule has 0 saturated heterocycles. The second kappa shape index (κ2) is 4.06. The number of H-pyrrole nitrogens is 1. The number of nitrogens with zero attached hydrogens (tertiary/aromatic N) is 1. The number of rotatable bonds is 4. The van der Waals surface area contributed by atoms with Crippen LogP contribution in [0.4, 0.5) is 0 Å². The van der Waals surface area contributed by atoms with Crippen LogP contribution in [0.25, 0.3) is 0 Å². The van der Waals surface area contributed by atoms with Crippen LogP contribution in [0.15, 0.2) is 12.4 Å². The first kappa shape index (κ1) is 7.28. The molecule has 0 amide bonds. The van der Waals surface area contributed by atoms with Gasteiger partial charge in [-0.15, -0.1) is 0 Å². The highest BCUT2D eigenvalue weighted by Crippen LogP contribution is 1.89. The summed E-state index contributed by atoms with van der Waals surface area (Å²) in [7, 11) is 0. The third kappa shape index (κ3) is 2.19. The van der Waals surface area contributed by atoms with Crippen molar-refractivity contribution in [3.63, 3.8) is 0 Å². The zero-order valence-corrected chi connectivity index (χ0v) is 5.84. The maximum absolute atomic E-state index is 5.04. The van der Waals surface area contributed by atoms with Crippen LogP contribution in [-0.4, -0.2) is 23.2 Å². The Labute approximate surface area is 60.4 Å². The average Bonchev–Trinajstić information content (AvgIpc) is 2.41. The summed E-state index contributed by atoms with van der Waals surface area (Å²) in [6.07, 6.45) is 4.38. The van der Waals surface area contributed by atoms with Crippen LogP contribution in [0.3, 0.4) is 0 Å². The third-order valence-electron chi connectivity index (χ3n) is 1.18. The minimum absolute atomic E-state index is 0.528. The molecule has 0 fully saturated rings. The molecule has 0 bridgehead atoms. The van der Waals surface area contributed by atoms with Gasteiger partial charge in [-0.1, -0.05) is 0 Å². The number of imidazole rings is 1. The highest BCUT2D eigenvalue weighted by molar-refractivity contribution is 4.86. The lowest BCUT2D eigenvalue weighted by Gasteiger charge is -1.96. The molecule has 1 rings (SSSR count). The molecule has 0 aliphatic carbocycles. The fourth-order valence-corrected chi connectivity index (χ4v) is 0.706. The van der Waals surface area contributed by atoms with E-state index in [4.69, 9.17) is 4.74 Å². The van der Waals surface area contributed by atoms with Gasteiger partial charge in [0.25, 0.3) is 0 Å². The van der Waals surface area contributed by atoms with Crippen molar-refractivity contribution in [2.45, 2.75) is 6.42 Å². The van der Waals surface area contributed by atoms with E-state index in [2.05, 4.69) is 16.9 Å². The summed E-state index contributed by atoms with van der Waals surface area (Å²) in [5.74, 6) is 0.966. The van der Waals surface area contributed by atoms with Gasteiger partial charge in [0.1, 0.15) is 5.82 Å². The zero-order valence-electron chi connectivity index (χ0n) is 5.84. The molecular weight excluding hydrogens is 128 g/mol. The van der Waals surface area contributed by atoms with Crippen LogP contribution in [0.1, 0.15) is 5.82 Å². The molecule has 3 heteroatoms. The first-order chi connectivity index (χ1) is 4.93. The van der Waals surface area contributed by atoms with Crippen molar-refractivity contribution >= 4 is 0 Å². The molecule has 1 N–H and O–H groups in total. The Morgan fingerprint density at radius 1 is 1.70 bits per heavy atom. The van der Waals surface area contributed by atoms with E-state index in [1.54, 1.807) is 12.4 Å². The molecule has 0 atom stereocenters. The summed E-state index contributed by atoms with van der Waals surface area (Å²) in [5, 5.41) is 0. The molecule has 1 heterocycles. The van der Waals surface area contributed by atoms with E-state index in [1.807, 2.05) is 0 Å². The van der Waals surface area contributed by atoms with Gasteiger partial charge in [0.15, 0.2) is 0 Å². The van der Waals surface area contributed by atoms with Crippen LogP contribution in [0.5, 0.6) is 0 Å². The van der Waals surface area contributed by atoms with E-state index in [0.29, 0.717) is 13.2 Å². The van der Waals surface area contributed by atoms with Crippen molar-refractivity contribution < 1.29 is 4.74 Å². The SMILES string of the molecule is [CH2]COCCc1ncc[nH]1. The van der Waals surface area contributed by atoms with Gasteiger partial charge in [-0.2, -0.15) is 0 Å². The number of ether oxygens (including phenoxy) is 1. The molecule has 0 aliphatic rings. The summed E-state index contributed by atoms with van der Waals surface area (Å²) >= 11 is 0. The zero-order chi connectivity index (χ0) is 7.23. The molecule has 1 aromatic heterocycles. The van der Waals surface area contributed by atoms with Crippen LogP contribution in [0.2, 0.25) is 0 Å². The first-order valence-electron chi connectivity index (χ1n) is 3.28.